The second kappa shape index (κ2) is 8.12. The van der Waals surface area contributed by atoms with Crippen molar-refractivity contribution < 1.29 is 9.59 Å². The van der Waals surface area contributed by atoms with Gasteiger partial charge in [-0.3, -0.25) is 14.6 Å². The molecule has 2 aromatic rings. The van der Waals surface area contributed by atoms with E-state index in [0.29, 0.717) is 26.6 Å². The lowest BCUT2D eigenvalue weighted by atomic mass is 10.3. The van der Waals surface area contributed by atoms with Crippen molar-refractivity contribution in [3.8, 4) is 0 Å². The summed E-state index contributed by atoms with van der Waals surface area (Å²) in [4.78, 5) is 30.4. The fourth-order valence-electron chi connectivity index (χ4n) is 2.57. The Balaban J connectivity index is 1.73. The van der Waals surface area contributed by atoms with E-state index in [4.69, 9.17) is 23.2 Å². The van der Waals surface area contributed by atoms with Crippen LogP contribution < -0.4 is 10.2 Å². The molecule has 8 heteroatoms. The van der Waals surface area contributed by atoms with Gasteiger partial charge in [0.1, 0.15) is 5.25 Å². The number of aliphatic imine (C=N–C) groups is 1. The van der Waals surface area contributed by atoms with Gasteiger partial charge in [0.05, 0.1) is 5.69 Å². The van der Waals surface area contributed by atoms with Crippen molar-refractivity contribution in [2.75, 3.05) is 17.3 Å². The highest BCUT2D eigenvalue weighted by Crippen LogP contribution is 2.31. The third kappa shape index (κ3) is 4.20. The van der Waals surface area contributed by atoms with E-state index in [1.165, 1.54) is 16.7 Å². The van der Waals surface area contributed by atoms with Crippen molar-refractivity contribution in [2.45, 2.75) is 11.7 Å². The molecule has 1 heterocycles. The van der Waals surface area contributed by atoms with Crippen LogP contribution in [-0.2, 0) is 9.59 Å². The van der Waals surface area contributed by atoms with Crippen LogP contribution in [0.15, 0.2) is 53.5 Å². The third-order valence-electron chi connectivity index (χ3n) is 3.69. The van der Waals surface area contributed by atoms with Gasteiger partial charge >= 0.3 is 0 Å². The first-order chi connectivity index (χ1) is 12.5. The van der Waals surface area contributed by atoms with Crippen LogP contribution in [0.4, 0.5) is 11.4 Å². The Morgan fingerprint density at radius 3 is 2.42 bits per heavy atom. The summed E-state index contributed by atoms with van der Waals surface area (Å²) in [6, 6.07) is 13.9. The summed E-state index contributed by atoms with van der Waals surface area (Å²) in [5.74, 6) is -0.474. The molecule has 1 fully saturated rings. The van der Waals surface area contributed by atoms with Crippen molar-refractivity contribution >= 4 is 63.3 Å². The first-order valence-electron chi connectivity index (χ1n) is 7.76. The Labute approximate surface area is 165 Å². The number of carbonyl (C=O) groups excluding carboxylic acids is 2. The number of imide groups is 1. The molecule has 2 aromatic carbocycles. The van der Waals surface area contributed by atoms with Crippen molar-refractivity contribution in [1.29, 1.82) is 0 Å². The molecule has 26 heavy (non-hydrogen) atoms. The topological polar surface area (TPSA) is 61.8 Å². The van der Waals surface area contributed by atoms with Crippen molar-refractivity contribution in [1.82, 2.24) is 0 Å². The average molecular weight is 408 g/mol. The minimum absolute atomic E-state index is 0.120. The van der Waals surface area contributed by atoms with E-state index in [1.807, 2.05) is 6.07 Å². The summed E-state index contributed by atoms with van der Waals surface area (Å²) >= 11 is 13.2. The monoisotopic (exact) mass is 407 g/mol. The Hall–Kier alpha value is -2.02. The molecule has 0 radical (unpaired) electrons. The molecule has 5 nitrogen and oxygen atoms in total. The molecule has 0 spiro atoms. The minimum atomic E-state index is -0.538. The number of thioether (sulfide) groups is 1. The second-order valence-corrected chi connectivity index (χ2v) is 7.59. The Kier molecular flexibility index (Phi) is 5.86. The maximum Gasteiger partial charge on any atom is 0.247 e. The number of para-hydroxylation sites is 1. The number of nitrogens with one attached hydrogen (secondary N) is 1. The highest BCUT2D eigenvalue weighted by atomic mass is 35.5. The van der Waals surface area contributed by atoms with Crippen LogP contribution in [0, 0.1) is 0 Å². The van der Waals surface area contributed by atoms with Crippen LogP contribution in [0.2, 0.25) is 10.0 Å². The maximum absolute atomic E-state index is 12.7. The quantitative estimate of drug-likeness (QED) is 0.463. The Morgan fingerprint density at radius 1 is 1.15 bits per heavy atom. The minimum Gasteiger partial charge on any atom is -0.335 e. The zero-order valence-electron chi connectivity index (χ0n) is 13.8. The number of carbonyl (C=O) groups is 2. The van der Waals surface area contributed by atoms with Gasteiger partial charge in [0.15, 0.2) is 5.17 Å². The lowest BCUT2D eigenvalue weighted by Crippen LogP contribution is -2.31. The standard InChI is InChI=1S/C18H15Cl2N3O2S/c1-21-18(22-13-8-11(19)7-12(20)9-13)26-15-10-16(24)23(17(15)25)14-5-3-2-4-6-14/h2-9,15H,10H2,1H3,(H,21,22). The first-order valence-corrected chi connectivity index (χ1v) is 9.40. The van der Waals surface area contributed by atoms with E-state index in [2.05, 4.69) is 10.3 Å². The molecule has 0 aliphatic carbocycles. The lowest BCUT2D eigenvalue weighted by Gasteiger charge is -2.15. The highest BCUT2D eigenvalue weighted by molar-refractivity contribution is 8.15. The van der Waals surface area contributed by atoms with Crippen LogP contribution in [0.5, 0.6) is 0 Å². The Morgan fingerprint density at radius 2 is 1.81 bits per heavy atom. The van der Waals surface area contributed by atoms with E-state index in [9.17, 15) is 9.59 Å². The SMILES string of the molecule is CN=C(Nc1cc(Cl)cc(Cl)c1)SC1CC(=O)N(c2ccccc2)C1=O. The molecular formula is C18H15Cl2N3O2S. The van der Waals surface area contributed by atoms with Gasteiger partial charge in [-0.2, -0.15) is 0 Å². The van der Waals surface area contributed by atoms with Crippen LogP contribution in [0.1, 0.15) is 6.42 Å². The van der Waals surface area contributed by atoms with Crippen LogP contribution in [0.25, 0.3) is 0 Å². The molecule has 3 rings (SSSR count). The number of halogens is 2. The molecule has 1 N–H and O–H groups in total. The van der Waals surface area contributed by atoms with Crippen LogP contribution in [0.3, 0.4) is 0 Å². The summed E-state index contributed by atoms with van der Waals surface area (Å²) in [5, 5.41) is 4.03. The molecule has 1 aliphatic rings. The second-order valence-electron chi connectivity index (χ2n) is 5.53. The molecule has 2 amide bonds. The number of anilines is 2. The van der Waals surface area contributed by atoms with Gasteiger partial charge < -0.3 is 5.32 Å². The van der Waals surface area contributed by atoms with Crippen molar-refractivity contribution in [3.63, 3.8) is 0 Å². The molecular weight excluding hydrogens is 393 g/mol. The lowest BCUT2D eigenvalue weighted by molar-refractivity contribution is -0.121. The summed E-state index contributed by atoms with van der Waals surface area (Å²) in [6.45, 7) is 0. The molecule has 1 unspecified atom stereocenters. The Bertz CT molecular complexity index is 854. The van der Waals surface area contributed by atoms with Gasteiger partial charge in [0.25, 0.3) is 0 Å². The number of amides is 2. The zero-order chi connectivity index (χ0) is 18.7. The van der Waals surface area contributed by atoms with Gasteiger partial charge in [0, 0.05) is 29.2 Å². The van der Waals surface area contributed by atoms with Gasteiger partial charge in [-0.15, -0.1) is 0 Å². The number of amidine groups is 1. The van der Waals surface area contributed by atoms with E-state index < -0.39 is 5.25 Å². The molecule has 1 saturated heterocycles. The molecule has 0 aromatic heterocycles. The molecule has 134 valence electrons. The third-order valence-corrected chi connectivity index (χ3v) is 5.29. The smallest absolute Gasteiger partial charge is 0.247 e. The predicted molar refractivity (Wildman–Crippen MR) is 108 cm³/mol. The van der Waals surface area contributed by atoms with Gasteiger partial charge in [-0.25, -0.2) is 4.90 Å². The number of benzene rings is 2. The van der Waals surface area contributed by atoms with Gasteiger partial charge in [0.2, 0.25) is 11.8 Å². The first kappa shape index (κ1) is 18.8. The maximum atomic E-state index is 12.7. The number of hydrogen-bond acceptors (Lipinski definition) is 4. The fourth-order valence-corrected chi connectivity index (χ4v) is 4.08. The molecule has 1 atom stereocenters. The van der Waals surface area contributed by atoms with Crippen molar-refractivity contribution in [3.05, 3.63) is 58.6 Å². The number of rotatable bonds is 3. The van der Waals surface area contributed by atoms with E-state index in [-0.39, 0.29) is 18.2 Å². The summed E-state index contributed by atoms with van der Waals surface area (Å²) in [5.41, 5.74) is 1.24. The largest absolute Gasteiger partial charge is 0.335 e. The van der Waals surface area contributed by atoms with Gasteiger partial charge in [-0.1, -0.05) is 53.2 Å². The molecule has 0 saturated carbocycles. The van der Waals surface area contributed by atoms with Crippen molar-refractivity contribution in [2.24, 2.45) is 4.99 Å². The average Bonchev–Trinajstić information content (AvgIpc) is 2.87. The number of nitrogens with zero attached hydrogens (tertiary/aromatic N) is 2. The predicted octanol–water partition coefficient (Wildman–Crippen LogP) is 4.46. The highest BCUT2D eigenvalue weighted by Gasteiger charge is 2.40. The van der Waals surface area contributed by atoms with E-state index >= 15 is 0 Å². The summed E-state index contributed by atoms with van der Waals surface area (Å²) < 4.78 is 0. The molecule has 0 bridgehead atoms. The normalized spacial score (nSPS) is 17.7. The molecule has 1 aliphatic heterocycles. The summed E-state index contributed by atoms with van der Waals surface area (Å²) in [6.07, 6.45) is 0.120. The fraction of sp³-hybridized carbons (Fsp3) is 0.167. The van der Waals surface area contributed by atoms with E-state index in [1.54, 1.807) is 49.5 Å². The number of hydrogen-bond donors (Lipinski definition) is 1. The summed E-state index contributed by atoms with van der Waals surface area (Å²) in [7, 11) is 1.61. The van der Waals surface area contributed by atoms with Crippen LogP contribution in [-0.4, -0.2) is 29.3 Å². The van der Waals surface area contributed by atoms with Crippen LogP contribution >= 0.6 is 35.0 Å². The van der Waals surface area contributed by atoms with Gasteiger partial charge in [-0.05, 0) is 30.3 Å². The van der Waals surface area contributed by atoms with E-state index in [0.717, 1.165) is 0 Å². The zero-order valence-corrected chi connectivity index (χ0v) is 16.1.